The molecule has 0 amide bonds. The van der Waals surface area contributed by atoms with Gasteiger partial charge in [0.1, 0.15) is 0 Å². The Labute approximate surface area is 124 Å². The van der Waals surface area contributed by atoms with Crippen LogP contribution in [0.4, 0.5) is 0 Å². The van der Waals surface area contributed by atoms with Gasteiger partial charge in [0.2, 0.25) is 0 Å². The van der Waals surface area contributed by atoms with E-state index in [9.17, 15) is 0 Å². The number of rotatable bonds is 8. The minimum atomic E-state index is 0.338. The number of hydrogen-bond donors (Lipinski definition) is 2. The Morgan fingerprint density at radius 1 is 1.35 bits per heavy atom. The zero-order valence-electron chi connectivity index (χ0n) is 13.5. The van der Waals surface area contributed by atoms with Crippen LogP contribution >= 0.6 is 0 Å². The van der Waals surface area contributed by atoms with E-state index in [1.165, 1.54) is 32.1 Å². The van der Waals surface area contributed by atoms with Gasteiger partial charge in [0.05, 0.1) is 6.10 Å². The molecule has 1 fully saturated rings. The topological polar surface area (TPSA) is 59.6 Å². The molecule has 0 radical (unpaired) electrons. The van der Waals surface area contributed by atoms with Crippen molar-refractivity contribution in [2.24, 2.45) is 22.6 Å². The molecule has 0 aromatic carbocycles. The zero-order chi connectivity index (χ0) is 14.8. The van der Waals surface area contributed by atoms with Gasteiger partial charge in [0.25, 0.3) is 0 Å². The van der Waals surface area contributed by atoms with Crippen molar-refractivity contribution in [1.82, 2.24) is 5.32 Å². The fourth-order valence-electron chi connectivity index (χ4n) is 2.84. The van der Waals surface area contributed by atoms with Crippen molar-refractivity contribution in [1.29, 1.82) is 0 Å². The van der Waals surface area contributed by atoms with E-state index in [0.29, 0.717) is 23.9 Å². The normalized spacial score (nSPS) is 24.1. The SMILES string of the molecule is CCCCCCNC(N)=NCC1CCCOC1C(C)C. The molecule has 0 spiro atoms. The molecular weight excluding hydrogens is 250 g/mol. The number of hydrogen-bond acceptors (Lipinski definition) is 2. The lowest BCUT2D eigenvalue weighted by Crippen LogP contribution is -2.37. The molecule has 0 bridgehead atoms. The number of nitrogens with one attached hydrogen (secondary N) is 1. The van der Waals surface area contributed by atoms with Crippen molar-refractivity contribution in [3.05, 3.63) is 0 Å². The summed E-state index contributed by atoms with van der Waals surface area (Å²) in [5, 5.41) is 3.21. The van der Waals surface area contributed by atoms with E-state index in [0.717, 1.165) is 26.1 Å². The van der Waals surface area contributed by atoms with Gasteiger partial charge in [-0.3, -0.25) is 4.99 Å². The van der Waals surface area contributed by atoms with Crippen molar-refractivity contribution in [3.63, 3.8) is 0 Å². The summed E-state index contributed by atoms with van der Waals surface area (Å²) in [4.78, 5) is 4.50. The lowest BCUT2D eigenvalue weighted by molar-refractivity contribution is -0.0491. The Bertz CT molecular complexity index is 279. The van der Waals surface area contributed by atoms with Crippen LogP contribution in [0.3, 0.4) is 0 Å². The molecular formula is C16H33N3O. The molecule has 1 rings (SSSR count). The van der Waals surface area contributed by atoms with Crippen LogP contribution in [0, 0.1) is 11.8 Å². The molecule has 2 unspecified atom stereocenters. The molecule has 1 saturated heterocycles. The molecule has 4 heteroatoms. The first-order valence-electron chi connectivity index (χ1n) is 8.30. The van der Waals surface area contributed by atoms with E-state index in [1.807, 2.05) is 0 Å². The predicted octanol–water partition coefficient (Wildman–Crippen LogP) is 2.92. The average Bonchev–Trinajstić information content (AvgIpc) is 2.45. The van der Waals surface area contributed by atoms with Crippen LogP contribution in [0.15, 0.2) is 4.99 Å². The summed E-state index contributed by atoms with van der Waals surface area (Å²) in [5.74, 6) is 1.66. The molecule has 20 heavy (non-hydrogen) atoms. The van der Waals surface area contributed by atoms with Crippen molar-refractivity contribution < 1.29 is 4.74 Å². The van der Waals surface area contributed by atoms with Crippen LogP contribution in [0.1, 0.15) is 59.3 Å². The summed E-state index contributed by atoms with van der Waals surface area (Å²) in [7, 11) is 0. The lowest BCUT2D eigenvalue weighted by atomic mass is 9.87. The molecule has 4 nitrogen and oxygen atoms in total. The third kappa shape index (κ3) is 6.60. The lowest BCUT2D eigenvalue weighted by Gasteiger charge is -2.33. The van der Waals surface area contributed by atoms with Crippen molar-refractivity contribution in [2.45, 2.75) is 65.4 Å². The Hall–Kier alpha value is -0.770. The number of ether oxygens (including phenoxy) is 1. The third-order valence-corrected chi connectivity index (χ3v) is 3.98. The molecule has 1 aliphatic rings. The molecule has 1 heterocycles. The molecule has 1 aliphatic heterocycles. The van der Waals surface area contributed by atoms with E-state index in [1.54, 1.807) is 0 Å². The first kappa shape index (κ1) is 17.3. The molecule has 3 N–H and O–H groups in total. The highest BCUT2D eigenvalue weighted by Gasteiger charge is 2.28. The second-order valence-electron chi connectivity index (χ2n) is 6.20. The monoisotopic (exact) mass is 283 g/mol. The first-order valence-corrected chi connectivity index (χ1v) is 8.30. The van der Waals surface area contributed by atoms with Crippen LogP contribution < -0.4 is 11.1 Å². The van der Waals surface area contributed by atoms with Gasteiger partial charge in [-0.2, -0.15) is 0 Å². The van der Waals surface area contributed by atoms with Crippen LogP contribution in [0.25, 0.3) is 0 Å². The maximum atomic E-state index is 5.93. The number of guanidine groups is 1. The minimum absolute atomic E-state index is 0.338. The van der Waals surface area contributed by atoms with Gasteiger partial charge in [0.15, 0.2) is 5.96 Å². The van der Waals surface area contributed by atoms with Crippen molar-refractivity contribution in [3.8, 4) is 0 Å². The summed E-state index contributed by atoms with van der Waals surface area (Å²) in [6.07, 6.45) is 7.69. The summed E-state index contributed by atoms with van der Waals surface area (Å²) in [6, 6.07) is 0. The summed E-state index contributed by atoms with van der Waals surface area (Å²) >= 11 is 0. The minimum Gasteiger partial charge on any atom is -0.378 e. The molecule has 0 aromatic heterocycles. The van der Waals surface area contributed by atoms with Gasteiger partial charge in [-0.05, 0) is 25.2 Å². The van der Waals surface area contributed by atoms with E-state index in [-0.39, 0.29) is 0 Å². The molecule has 0 aliphatic carbocycles. The number of nitrogens with two attached hydrogens (primary N) is 1. The Kier molecular flexibility index (Phi) is 8.67. The second kappa shape index (κ2) is 10.0. The van der Waals surface area contributed by atoms with Crippen molar-refractivity contribution in [2.75, 3.05) is 19.7 Å². The van der Waals surface area contributed by atoms with Crippen LogP contribution in [-0.2, 0) is 4.74 Å². The first-order chi connectivity index (χ1) is 9.65. The fraction of sp³-hybridized carbons (Fsp3) is 0.938. The highest BCUT2D eigenvalue weighted by atomic mass is 16.5. The Balaban J connectivity index is 2.26. The van der Waals surface area contributed by atoms with Crippen LogP contribution in [0.5, 0.6) is 0 Å². The number of unbranched alkanes of at least 4 members (excludes halogenated alkanes) is 3. The summed E-state index contributed by atoms with van der Waals surface area (Å²) in [5.41, 5.74) is 5.93. The number of nitrogens with zero attached hydrogens (tertiary/aromatic N) is 1. The van der Waals surface area contributed by atoms with Gasteiger partial charge >= 0.3 is 0 Å². The van der Waals surface area contributed by atoms with Gasteiger partial charge in [-0.1, -0.05) is 40.0 Å². The third-order valence-electron chi connectivity index (χ3n) is 3.98. The summed E-state index contributed by atoms with van der Waals surface area (Å²) in [6.45, 7) is 9.29. The highest BCUT2D eigenvalue weighted by molar-refractivity contribution is 5.77. The smallest absolute Gasteiger partial charge is 0.188 e. The number of aliphatic imine (C=N–C) groups is 1. The van der Waals surface area contributed by atoms with E-state index in [2.05, 4.69) is 31.1 Å². The quantitative estimate of drug-likeness (QED) is 0.409. The molecule has 0 saturated carbocycles. The van der Waals surface area contributed by atoms with Gasteiger partial charge < -0.3 is 15.8 Å². The second-order valence-corrected chi connectivity index (χ2v) is 6.20. The average molecular weight is 283 g/mol. The molecule has 2 atom stereocenters. The van der Waals surface area contributed by atoms with Gasteiger partial charge in [-0.25, -0.2) is 0 Å². The largest absolute Gasteiger partial charge is 0.378 e. The highest BCUT2D eigenvalue weighted by Crippen LogP contribution is 2.26. The van der Waals surface area contributed by atoms with Crippen LogP contribution in [0.2, 0.25) is 0 Å². The van der Waals surface area contributed by atoms with Crippen LogP contribution in [-0.4, -0.2) is 31.8 Å². The van der Waals surface area contributed by atoms with E-state index in [4.69, 9.17) is 10.5 Å². The summed E-state index contributed by atoms with van der Waals surface area (Å²) < 4.78 is 5.88. The fourth-order valence-corrected chi connectivity index (χ4v) is 2.84. The van der Waals surface area contributed by atoms with E-state index < -0.39 is 0 Å². The Morgan fingerprint density at radius 3 is 2.85 bits per heavy atom. The van der Waals surface area contributed by atoms with E-state index >= 15 is 0 Å². The van der Waals surface area contributed by atoms with Gasteiger partial charge in [-0.15, -0.1) is 0 Å². The maximum absolute atomic E-state index is 5.93. The predicted molar refractivity (Wildman–Crippen MR) is 85.9 cm³/mol. The van der Waals surface area contributed by atoms with Gasteiger partial charge in [0, 0.05) is 25.6 Å². The van der Waals surface area contributed by atoms with Crippen molar-refractivity contribution >= 4 is 5.96 Å². The maximum Gasteiger partial charge on any atom is 0.188 e. The zero-order valence-corrected chi connectivity index (χ0v) is 13.5. The Morgan fingerprint density at radius 2 is 2.15 bits per heavy atom. The molecule has 118 valence electrons. The molecule has 0 aromatic rings. The standard InChI is InChI=1S/C16H33N3O/c1-4-5-6-7-10-18-16(17)19-12-14-9-8-11-20-15(14)13(2)3/h13-15H,4-12H2,1-3H3,(H3,17,18,19).